The number of carbonyl (C=O) groups is 1. The molecule has 13 heavy (non-hydrogen) atoms. The molecule has 0 spiro atoms. The molecular weight excluding hydrogens is 186 g/mol. The number of aromatic nitrogens is 1. The standard InChI is InChI=1S/C8H13N3OS/c1-5(2)11-6(7(9)12)8-10-3-4-13-8/h3-6,11H,1-2H3,(H2,9,12). The van der Waals surface area contributed by atoms with Crippen LogP contribution in [0, 0.1) is 0 Å². The molecule has 5 heteroatoms. The maximum absolute atomic E-state index is 11.1. The Morgan fingerprint density at radius 2 is 2.38 bits per heavy atom. The molecule has 1 aromatic rings. The fraction of sp³-hybridized carbons (Fsp3) is 0.500. The predicted molar refractivity (Wildman–Crippen MR) is 52.3 cm³/mol. The summed E-state index contributed by atoms with van der Waals surface area (Å²) in [7, 11) is 0. The van der Waals surface area contributed by atoms with Crippen molar-refractivity contribution in [3.05, 3.63) is 16.6 Å². The molecule has 3 N–H and O–H groups in total. The van der Waals surface area contributed by atoms with Crippen LogP contribution in [0.5, 0.6) is 0 Å². The maximum Gasteiger partial charge on any atom is 0.241 e. The van der Waals surface area contributed by atoms with Crippen LogP contribution in [0.4, 0.5) is 0 Å². The summed E-state index contributed by atoms with van der Waals surface area (Å²) in [6.45, 7) is 3.92. The molecule has 72 valence electrons. The van der Waals surface area contributed by atoms with Gasteiger partial charge in [-0.25, -0.2) is 4.98 Å². The van der Waals surface area contributed by atoms with Crippen LogP contribution >= 0.6 is 11.3 Å². The van der Waals surface area contributed by atoms with Crippen molar-refractivity contribution in [2.24, 2.45) is 5.73 Å². The van der Waals surface area contributed by atoms with E-state index in [4.69, 9.17) is 5.73 Å². The van der Waals surface area contributed by atoms with E-state index in [-0.39, 0.29) is 11.9 Å². The van der Waals surface area contributed by atoms with E-state index in [0.29, 0.717) is 0 Å². The van der Waals surface area contributed by atoms with Crippen molar-refractivity contribution in [3.8, 4) is 0 Å². The summed E-state index contributed by atoms with van der Waals surface area (Å²) in [6, 6.07) is -0.249. The van der Waals surface area contributed by atoms with Gasteiger partial charge in [-0.2, -0.15) is 0 Å². The summed E-state index contributed by atoms with van der Waals surface area (Å²) >= 11 is 1.43. The summed E-state index contributed by atoms with van der Waals surface area (Å²) in [5.41, 5.74) is 5.24. The number of nitrogens with one attached hydrogen (secondary N) is 1. The van der Waals surface area contributed by atoms with E-state index in [1.165, 1.54) is 11.3 Å². The fourth-order valence-corrected chi connectivity index (χ4v) is 1.69. The molecule has 4 nitrogen and oxygen atoms in total. The molecule has 1 amide bonds. The van der Waals surface area contributed by atoms with E-state index in [1.54, 1.807) is 6.20 Å². The zero-order valence-electron chi connectivity index (χ0n) is 7.65. The Morgan fingerprint density at radius 1 is 1.69 bits per heavy atom. The lowest BCUT2D eigenvalue weighted by Gasteiger charge is -2.15. The van der Waals surface area contributed by atoms with Crippen molar-refractivity contribution in [2.45, 2.75) is 25.9 Å². The van der Waals surface area contributed by atoms with Gasteiger partial charge in [-0.3, -0.25) is 10.1 Å². The lowest BCUT2D eigenvalue weighted by atomic mass is 10.2. The third-order valence-corrected chi connectivity index (χ3v) is 2.32. The first kappa shape index (κ1) is 10.1. The summed E-state index contributed by atoms with van der Waals surface area (Å²) in [6.07, 6.45) is 1.66. The van der Waals surface area contributed by atoms with Crippen LogP contribution in [0.2, 0.25) is 0 Å². The lowest BCUT2D eigenvalue weighted by Crippen LogP contribution is -2.37. The number of thiazole rings is 1. The molecule has 0 saturated heterocycles. The van der Waals surface area contributed by atoms with Gasteiger partial charge in [0.2, 0.25) is 5.91 Å². The number of amides is 1. The monoisotopic (exact) mass is 199 g/mol. The molecular formula is C8H13N3OS. The summed E-state index contributed by atoms with van der Waals surface area (Å²) in [4.78, 5) is 15.1. The molecule has 0 fully saturated rings. The first-order chi connectivity index (χ1) is 6.11. The molecule has 0 saturated carbocycles. The van der Waals surface area contributed by atoms with E-state index in [0.717, 1.165) is 5.01 Å². The van der Waals surface area contributed by atoms with E-state index in [2.05, 4.69) is 10.3 Å². The van der Waals surface area contributed by atoms with Gasteiger partial charge in [0.05, 0.1) is 0 Å². The van der Waals surface area contributed by atoms with Crippen molar-refractivity contribution < 1.29 is 4.79 Å². The number of carbonyl (C=O) groups excluding carboxylic acids is 1. The minimum Gasteiger partial charge on any atom is -0.368 e. The fourth-order valence-electron chi connectivity index (χ4n) is 0.985. The number of rotatable bonds is 4. The molecule has 0 bridgehead atoms. The van der Waals surface area contributed by atoms with Crippen molar-refractivity contribution in [3.63, 3.8) is 0 Å². The van der Waals surface area contributed by atoms with Gasteiger partial charge in [0, 0.05) is 17.6 Å². The highest BCUT2D eigenvalue weighted by Crippen LogP contribution is 2.15. The van der Waals surface area contributed by atoms with Crippen LogP contribution in [0.25, 0.3) is 0 Å². The summed E-state index contributed by atoms with van der Waals surface area (Å²) < 4.78 is 0. The Hall–Kier alpha value is -0.940. The first-order valence-electron chi connectivity index (χ1n) is 4.06. The van der Waals surface area contributed by atoms with Crippen molar-refractivity contribution >= 4 is 17.2 Å². The van der Waals surface area contributed by atoms with Crippen LogP contribution in [0.1, 0.15) is 24.9 Å². The molecule has 1 aromatic heterocycles. The Balaban J connectivity index is 2.75. The molecule has 0 radical (unpaired) electrons. The van der Waals surface area contributed by atoms with Crippen LogP contribution < -0.4 is 11.1 Å². The summed E-state index contributed by atoms with van der Waals surface area (Å²) in [5.74, 6) is -0.386. The van der Waals surface area contributed by atoms with E-state index in [9.17, 15) is 4.79 Å². The molecule has 1 unspecified atom stereocenters. The first-order valence-corrected chi connectivity index (χ1v) is 4.94. The van der Waals surface area contributed by atoms with Crippen LogP contribution in [0.3, 0.4) is 0 Å². The average Bonchev–Trinajstić information content (AvgIpc) is 2.50. The van der Waals surface area contributed by atoms with Gasteiger partial charge in [-0.15, -0.1) is 11.3 Å². The topological polar surface area (TPSA) is 68.0 Å². The molecule has 1 rings (SSSR count). The lowest BCUT2D eigenvalue weighted by molar-refractivity contribution is -0.120. The third-order valence-electron chi connectivity index (χ3n) is 1.48. The van der Waals surface area contributed by atoms with Crippen LogP contribution in [0.15, 0.2) is 11.6 Å². The molecule has 1 atom stereocenters. The minimum atomic E-state index is -0.458. The van der Waals surface area contributed by atoms with Crippen molar-refractivity contribution in [1.82, 2.24) is 10.3 Å². The van der Waals surface area contributed by atoms with Gasteiger partial charge in [0.1, 0.15) is 11.0 Å². The molecule has 0 aliphatic heterocycles. The SMILES string of the molecule is CC(C)NC(C(N)=O)c1nccs1. The largest absolute Gasteiger partial charge is 0.368 e. The Morgan fingerprint density at radius 3 is 2.77 bits per heavy atom. The predicted octanol–water partition coefficient (Wildman–Crippen LogP) is 0.667. The van der Waals surface area contributed by atoms with Gasteiger partial charge in [-0.1, -0.05) is 0 Å². The number of primary amides is 1. The number of nitrogens with zero attached hydrogens (tertiary/aromatic N) is 1. The van der Waals surface area contributed by atoms with Crippen LogP contribution in [-0.4, -0.2) is 16.9 Å². The quantitative estimate of drug-likeness (QED) is 0.748. The van der Waals surface area contributed by atoms with Gasteiger partial charge in [-0.05, 0) is 13.8 Å². The van der Waals surface area contributed by atoms with Gasteiger partial charge >= 0.3 is 0 Å². The van der Waals surface area contributed by atoms with Crippen LogP contribution in [-0.2, 0) is 4.79 Å². The zero-order chi connectivity index (χ0) is 9.84. The van der Waals surface area contributed by atoms with Crippen molar-refractivity contribution in [2.75, 3.05) is 0 Å². The molecule has 0 aliphatic rings. The smallest absolute Gasteiger partial charge is 0.241 e. The van der Waals surface area contributed by atoms with E-state index in [1.807, 2.05) is 19.2 Å². The highest BCUT2D eigenvalue weighted by molar-refractivity contribution is 7.09. The van der Waals surface area contributed by atoms with Gasteiger partial charge in [0.15, 0.2) is 0 Å². The molecule has 0 aromatic carbocycles. The third kappa shape index (κ3) is 2.78. The second-order valence-electron chi connectivity index (χ2n) is 3.03. The second-order valence-corrected chi connectivity index (χ2v) is 3.95. The minimum absolute atomic E-state index is 0.210. The van der Waals surface area contributed by atoms with Crippen molar-refractivity contribution in [1.29, 1.82) is 0 Å². The Bertz CT molecular complexity index is 271. The Labute approximate surface area is 81.2 Å². The van der Waals surface area contributed by atoms with Gasteiger partial charge < -0.3 is 5.73 Å². The van der Waals surface area contributed by atoms with E-state index >= 15 is 0 Å². The zero-order valence-corrected chi connectivity index (χ0v) is 8.47. The Kier molecular flexibility index (Phi) is 3.39. The number of hydrogen-bond donors (Lipinski definition) is 2. The number of hydrogen-bond acceptors (Lipinski definition) is 4. The summed E-state index contributed by atoms with van der Waals surface area (Å²) in [5, 5.41) is 5.61. The highest BCUT2D eigenvalue weighted by Gasteiger charge is 2.20. The van der Waals surface area contributed by atoms with Gasteiger partial charge in [0.25, 0.3) is 0 Å². The van der Waals surface area contributed by atoms with E-state index < -0.39 is 6.04 Å². The highest BCUT2D eigenvalue weighted by atomic mass is 32.1. The second kappa shape index (κ2) is 4.34. The maximum atomic E-state index is 11.1. The average molecular weight is 199 g/mol. The number of nitrogens with two attached hydrogens (primary N) is 1. The normalized spacial score (nSPS) is 13.2. The molecule has 1 heterocycles. The molecule has 0 aliphatic carbocycles.